The van der Waals surface area contributed by atoms with E-state index >= 15 is 0 Å². The number of nitrogens with two attached hydrogens (primary N) is 1. The number of hydrogen-bond acceptors (Lipinski definition) is 4. The van der Waals surface area contributed by atoms with Crippen molar-refractivity contribution in [1.82, 2.24) is 9.55 Å². The monoisotopic (exact) mass is 386 g/mol. The molecule has 2 rings (SSSR count). The number of hydrogen-bond donors (Lipinski definition) is 2. The van der Waals surface area contributed by atoms with Crippen LogP contribution in [0.25, 0.3) is 0 Å². The number of carbonyl (C=O) groups is 1. The van der Waals surface area contributed by atoms with E-state index in [1.165, 1.54) is 9.47 Å². The number of carbonyl (C=O) groups excluding carboxylic acids is 1. The lowest BCUT2D eigenvalue weighted by molar-refractivity contribution is 0.0986. The summed E-state index contributed by atoms with van der Waals surface area (Å²) in [6.07, 6.45) is 2.43. The van der Waals surface area contributed by atoms with Crippen molar-refractivity contribution >= 4 is 17.4 Å². The highest BCUT2D eigenvalue weighted by Crippen LogP contribution is 2.21. The number of H-pyrrole nitrogens is 1. The van der Waals surface area contributed by atoms with Gasteiger partial charge < -0.3 is 10.6 Å². The Hall–Kier alpha value is -2.83. The van der Waals surface area contributed by atoms with E-state index in [-0.39, 0.29) is 23.3 Å². The molecule has 28 heavy (non-hydrogen) atoms. The van der Waals surface area contributed by atoms with Crippen molar-refractivity contribution in [3.8, 4) is 0 Å². The minimum absolute atomic E-state index is 0.0251. The molecule has 3 N–H and O–H groups in total. The van der Waals surface area contributed by atoms with Gasteiger partial charge in [0.1, 0.15) is 5.82 Å². The van der Waals surface area contributed by atoms with E-state index in [1.807, 2.05) is 39.8 Å². The maximum Gasteiger partial charge on any atom is 0.330 e. The van der Waals surface area contributed by atoms with Gasteiger partial charge in [0.15, 0.2) is 5.69 Å². The van der Waals surface area contributed by atoms with Gasteiger partial charge in [0, 0.05) is 18.7 Å². The number of nitrogens with one attached hydrogen (secondary N) is 1. The minimum atomic E-state index is -0.642. The first kappa shape index (κ1) is 21.5. The molecule has 1 heterocycles. The van der Waals surface area contributed by atoms with Crippen molar-refractivity contribution in [2.75, 3.05) is 17.2 Å². The molecule has 1 aromatic heterocycles. The highest BCUT2D eigenvalue weighted by atomic mass is 16.2. The minimum Gasteiger partial charge on any atom is -0.383 e. The Morgan fingerprint density at radius 2 is 1.82 bits per heavy atom. The zero-order valence-corrected chi connectivity index (χ0v) is 17.1. The van der Waals surface area contributed by atoms with Gasteiger partial charge in [-0.05, 0) is 36.5 Å². The van der Waals surface area contributed by atoms with Crippen LogP contribution in [-0.2, 0) is 13.0 Å². The van der Waals surface area contributed by atoms with Crippen LogP contribution in [0.4, 0.5) is 11.5 Å². The Kier molecular flexibility index (Phi) is 7.20. The van der Waals surface area contributed by atoms with E-state index in [2.05, 4.69) is 4.98 Å². The van der Waals surface area contributed by atoms with E-state index in [1.54, 1.807) is 12.1 Å². The summed E-state index contributed by atoms with van der Waals surface area (Å²) in [5.74, 6) is -0.125. The molecule has 0 aliphatic rings. The molecule has 1 aromatic carbocycles. The van der Waals surface area contributed by atoms with Crippen molar-refractivity contribution in [3.05, 3.63) is 56.2 Å². The summed E-state index contributed by atoms with van der Waals surface area (Å²) in [5, 5.41) is 0. The van der Waals surface area contributed by atoms with Crippen LogP contribution in [0.5, 0.6) is 0 Å². The summed E-state index contributed by atoms with van der Waals surface area (Å²) in [5.41, 5.74) is 6.66. The summed E-state index contributed by atoms with van der Waals surface area (Å²) in [6.45, 7) is 8.65. The van der Waals surface area contributed by atoms with Gasteiger partial charge in [-0.15, -0.1) is 0 Å². The lowest BCUT2D eigenvalue weighted by Gasteiger charge is -2.25. The largest absolute Gasteiger partial charge is 0.383 e. The number of nitrogens with zero attached hydrogens (tertiary/aromatic N) is 2. The Morgan fingerprint density at radius 3 is 2.36 bits per heavy atom. The molecule has 0 unspecified atom stereocenters. The average molecular weight is 386 g/mol. The molecule has 2 aromatic rings. The number of amides is 1. The zero-order chi connectivity index (χ0) is 20.8. The van der Waals surface area contributed by atoms with E-state index in [9.17, 15) is 14.4 Å². The van der Waals surface area contributed by atoms with Crippen LogP contribution >= 0.6 is 0 Å². The molecular formula is C21H30N4O3. The van der Waals surface area contributed by atoms with Crippen molar-refractivity contribution in [1.29, 1.82) is 0 Å². The van der Waals surface area contributed by atoms with Gasteiger partial charge in [-0.3, -0.25) is 19.1 Å². The summed E-state index contributed by atoms with van der Waals surface area (Å²) in [4.78, 5) is 41.7. The second-order valence-electron chi connectivity index (χ2n) is 7.36. The summed E-state index contributed by atoms with van der Waals surface area (Å²) in [6, 6.07) is 7.32. The Labute approximate surface area is 165 Å². The van der Waals surface area contributed by atoms with Gasteiger partial charge in [0.05, 0.1) is 0 Å². The van der Waals surface area contributed by atoms with Gasteiger partial charge in [0.2, 0.25) is 0 Å². The van der Waals surface area contributed by atoms with Crippen LogP contribution in [0.15, 0.2) is 33.9 Å². The maximum absolute atomic E-state index is 13.2. The number of nitrogen functional groups attached to an aromatic ring is 1. The van der Waals surface area contributed by atoms with Crippen molar-refractivity contribution in [2.45, 2.75) is 53.5 Å². The number of aryl methyl sites for hydroxylation is 1. The summed E-state index contributed by atoms with van der Waals surface area (Å²) >= 11 is 0. The van der Waals surface area contributed by atoms with Crippen molar-refractivity contribution in [2.24, 2.45) is 5.92 Å². The molecule has 0 aliphatic heterocycles. The Bertz CT molecular complexity index is 926. The molecule has 0 bridgehead atoms. The highest BCUT2D eigenvalue weighted by Gasteiger charge is 2.25. The van der Waals surface area contributed by atoms with Crippen LogP contribution in [0, 0.1) is 5.92 Å². The third-order valence-corrected chi connectivity index (χ3v) is 4.62. The molecule has 0 spiro atoms. The SMILES string of the molecule is CCCCN(C(=O)c1ccc(CC)cc1)c1c(N)n(CC(C)C)c(=O)[nH]c1=O. The van der Waals surface area contributed by atoms with Crippen molar-refractivity contribution in [3.63, 3.8) is 0 Å². The molecule has 0 saturated heterocycles. The topological polar surface area (TPSA) is 101 Å². The smallest absolute Gasteiger partial charge is 0.330 e. The fourth-order valence-electron chi connectivity index (χ4n) is 3.05. The van der Waals surface area contributed by atoms with Gasteiger partial charge in [-0.1, -0.05) is 46.2 Å². The quantitative estimate of drug-likeness (QED) is 0.728. The molecule has 0 fully saturated rings. The standard InChI is InChI=1S/C21H30N4O3/c1-5-7-12-24(20(27)16-10-8-15(6-2)9-11-16)17-18(22)25(13-14(3)4)21(28)23-19(17)26/h8-11,14H,5-7,12-13,22H2,1-4H3,(H,23,26,28). The number of anilines is 2. The first-order chi connectivity index (χ1) is 13.3. The van der Waals surface area contributed by atoms with Crippen LogP contribution in [0.3, 0.4) is 0 Å². The fraction of sp³-hybridized carbons (Fsp3) is 0.476. The maximum atomic E-state index is 13.2. The van der Waals surface area contributed by atoms with Gasteiger partial charge >= 0.3 is 5.69 Å². The first-order valence-electron chi connectivity index (χ1n) is 9.83. The predicted molar refractivity (Wildman–Crippen MR) is 113 cm³/mol. The van der Waals surface area contributed by atoms with Crippen LogP contribution in [-0.4, -0.2) is 22.0 Å². The third kappa shape index (κ3) is 4.71. The summed E-state index contributed by atoms with van der Waals surface area (Å²) < 4.78 is 1.33. The van der Waals surface area contributed by atoms with Crippen LogP contribution < -0.4 is 21.9 Å². The Balaban J connectivity index is 2.57. The number of aromatic nitrogens is 2. The Morgan fingerprint density at radius 1 is 1.18 bits per heavy atom. The van der Waals surface area contributed by atoms with Gasteiger partial charge in [0.25, 0.3) is 11.5 Å². The second-order valence-corrected chi connectivity index (χ2v) is 7.36. The summed E-state index contributed by atoms with van der Waals surface area (Å²) in [7, 11) is 0. The molecular weight excluding hydrogens is 356 g/mol. The first-order valence-corrected chi connectivity index (χ1v) is 9.83. The van der Waals surface area contributed by atoms with Gasteiger partial charge in [-0.2, -0.15) is 0 Å². The molecule has 7 nitrogen and oxygen atoms in total. The third-order valence-electron chi connectivity index (χ3n) is 4.62. The van der Waals surface area contributed by atoms with Gasteiger partial charge in [-0.25, -0.2) is 4.79 Å². The number of rotatable bonds is 8. The number of benzene rings is 1. The van der Waals surface area contributed by atoms with E-state index < -0.39 is 11.2 Å². The number of unbranched alkanes of at least 4 members (excludes halogenated alkanes) is 1. The van der Waals surface area contributed by atoms with Crippen molar-refractivity contribution < 1.29 is 4.79 Å². The molecule has 0 saturated carbocycles. The second kappa shape index (κ2) is 9.39. The van der Waals surface area contributed by atoms with Crippen LogP contribution in [0.1, 0.15) is 56.5 Å². The number of aromatic amines is 1. The van der Waals surface area contributed by atoms with Crippen LogP contribution in [0.2, 0.25) is 0 Å². The molecule has 7 heteroatoms. The molecule has 1 amide bonds. The fourth-order valence-corrected chi connectivity index (χ4v) is 3.05. The molecule has 0 aliphatic carbocycles. The average Bonchev–Trinajstić information content (AvgIpc) is 2.67. The zero-order valence-electron chi connectivity index (χ0n) is 17.1. The lowest BCUT2D eigenvalue weighted by atomic mass is 10.1. The predicted octanol–water partition coefficient (Wildman–Crippen LogP) is 2.78. The lowest BCUT2D eigenvalue weighted by Crippen LogP contribution is -2.42. The highest BCUT2D eigenvalue weighted by molar-refractivity contribution is 6.07. The molecule has 0 radical (unpaired) electrons. The molecule has 0 atom stereocenters. The van der Waals surface area contributed by atoms with E-state index in [0.717, 1.165) is 18.4 Å². The van der Waals surface area contributed by atoms with E-state index in [0.29, 0.717) is 25.1 Å². The van der Waals surface area contributed by atoms with E-state index in [4.69, 9.17) is 5.73 Å². The normalized spacial score (nSPS) is 11.0. The molecule has 152 valence electrons.